The average molecular weight is 363 g/mol. The number of carbonyl (C=O) groups excluding carboxylic acids is 1. The number of aromatic nitrogens is 3. The Morgan fingerprint density at radius 1 is 1.32 bits per heavy atom. The van der Waals surface area contributed by atoms with E-state index in [-0.39, 0.29) is 23.8 Å². The standard InChI is InChI=1S/C16H21N5O3S/c22-16(7-9-18-25(23,24)13-6-3-8-17-11-13)19-15-10-14(20-21-15)12-4-1-2-5-12/h3,6,8,10-12,18H,1-2,4-5,7,9H2,(H2,19,20,21,22). The Bertz CT molecular complexity index is 813. The van der Waals surface area contributed by atoms with E-state index in [2.05, 4.69) is 25.2 Å². The van der Waals surface area contributed by atoms with Crippen molar-refractivity contribution in [2.45, 2.75) is 42.9 Å². The van der Waals surface area contributed by atoms with Crippen LogP contribution in [0.2, 0.25) is 0 Å². The normalized spacial score (nSPS) is 15.4. The summed E-state index contributed by atoms with van der Waals surface area (Å²) in [7, 11) is -3.65. The zero-order chi connectivity index (χ0) is 17.7. The summed E-state index contributed by atoms with van der Waals surface area (Å²) in [6, 6.07) is 4.85. The second-order valence-corrected chi connectivity index (χ2v) is 7.84. The Morgan fingerprint density at radius 3 is 2.84 bits per heavy atom. The lowest BCUT2D eigenvalue weighted by Crippen LogP contribution is -2.28. The van der Waals surface area contributed by atoms with E-state index in [1.807, 2.05) is 6.07 Å². The number of rotatable bonds is 7. The van der Waals surface area contributed by atoms with Gasteiger partial charge >= 0.3 is 0 Å². The molecule has 0 spiro atoms. The van der Waals surface area contributed by atoms with Gasteiger partial charge < -0.3 is 5.32 Å². The first-order valence-corrected chi connectivity index (χ1v) is 9.78. The van der Waals surface area contributed by atoms with E-state index in [0.29, 0.717) is 11.7 Å². The molecule has 0 unspecified atom stereocenters. The number of hydrogen-bond donors (Lipinski definition) is 3. The molecule has 2 heterocycles. The van der Waals surface area contributed by atoms with Crippen LogP contribution in [-0.2, 0) is 14.8 Å². The van der Waals surface area contributed by atoms with Gasteiger partial charge in [0.05, 0.1) is 0 Å². The molecule has 0 aromatic carbocycles. The van der Waals surface area contributed by atoms with Crippen LogP contribution in [0.3, 0.4) is 0 Å². The number of H-pyrrole nitrogens is 1. The largest absolute Gasteiger partial charge is 0.309 e. The van der Waals surface area contributed by atoms with Gasteiger partial charge in [0.15, 0.2) is 5.82 Å². The van der Waals surface area contributed by atoms with Gasteiger partial charge in [-0.1, -0.05) is 12.8 Å². The van der Waals surface area contributed by atoms with Crippen molar-refractivity contribution in [2.24, 2.45) is 0 Å². The molecular formula is C16H21N5O3S. The van der Waals surface area contributed by atoms with Crippen LogP contribution in [-0.4, -0.2) is 36.1 Å². The highest BCUT2D eigenvalue weighted by molar-refractivity contribution is 7.89. The van der Waals surface area contributed by atoms with Crippen molar-refractivity contribution in [3.05, 3.63) is 36.3 Å². The molecule has 8 nitrogen and oxygen atoms in total. The average Bonchev–Trinajstić information content (AvgIpc) is 3.27. The number of aromatic amines is 1. The Hall–Kier alpha value is -2.26. The van der Waals surface area contributed by atoms with Gasteiger partial charge in [0.1, 0.15) is 4.90 Å². The number of nitrogens with one attached hydrogen (secondary N) is 3. The number of nitrogens with zero attached hydrogens (tertiary/aromatic N) is 2. The minimum atomic E-state index is -3.65. The predicted molar refractivity (Wildman–Crippen MR) is 92.5 cm³/mol. The smallest absolute Gasteiger partial charge is 0.242 e. The second-order valence-electron chi connectivity index (χ2n) is 6.07. The second kappa shape index (κ2) is 7.75. The van der Waals surface area contributed by atoms with E-state index >= 15 is 0 Å². The van der Waals surface area contributed by atoms with Crippen LogP contribution in [0.4, 0.5) is 5.82 Å². The van der Waals surface area contributed by atoms with E-state index in [9.17, 15) is 13.2 Å². The SMILES string of the molecule is O=C(CCNS(=O)(=O)c1cccnc1)Nc1cc(C2CCCC2)[nH]n1. The zero-order valence-electron chi connectivity index (χ0n) is 13.7. The quantitative estimate of drug-likeness (QED) is 0.693. The molecule has 2 aromatic heterocycles. The maximum Gasteiger partial charge on any atom is 0.242 e. The minimum absolute atomic E-state index is 0.00294. The summed E-state index contributed by atoms with van der Waals surface area (Å²) in [4.78, 5) is 15.8. The molecule has 1 fully saturated rings. The van der Waals surface area contributed by atoms with Crippen molar-refractivity contribution in [3.8, 4) is 0 Å². The van der Waals surface area contributed by atoms with Crippen molar-refractivity contribution in [1.82, 2.24) is 19.9 Å². The summed E-state index contributed by atoms with van der Waals surface area (Å²) < 4.78 is 26.4. The first-order chi connectivity index (χ1) is 12.0. The third-order valence-electron chi connectivity index (χ3n) is 4.25. The highest BCUT2D eigenvalue weighted by Gasteiger charge is 2.19. The lowest BCUT2D eigenvalue weighted by molar-refractivity contribution is -0.116. The van der Waals surface area contributed by atoms with Gasteiger partial charge in [-0.05, 0) is 25.0 Å². The van der Waals surface area contributed by atoms with Crippen LogP contribution in [0.25, 0.3) is 0 Å². The van der Waals surface area contributed by atoms with Crippen LogP contribution in [0.5, 0.6) is 0 Å². The van der Waals surface area contributed by atoms with Crippen molar-refractivity contribution in [3.63, 3.8) is 0 Å². The first-order valence-electron chi connectivity index (χ1n) is 8.29. The van der Waals surface area contributed by atoms with E-state index in [1.54, 1.807) is 6.07 Å². The van der Waals surface area contributed by atoms with Crippen LogP contribution in [0, 0.1) is 0 Å². The lowest BCUT2D eigenvalue weighted by atomic mass is 10.0. The molecule has 1 saturated carbocycles. The van der Waals surface area contributed by atoms with Gasteiger partial charge in [-0.3, -0.25) is 14.9 Å². The molecule has 25 heavy (non-hydrogen) atoms. The maximum atomic E-state index is 12.0. The van der Waals surface area contributed by atoms with Crippen molar-refractivity contribution < 1.29 is 13.2 Å². The van der Waals surface area contributed by atoms with Crippen LogP contribution >= 0.6 is 0 Å². The van der Waals surface area contributed by atoms with Crippen molar-refractivity contribution in [2.75, 3.05) is 11.9 Å². The van der Waals surface area contributed by atoms with Crippen molar-refractivity contribution in [1.29, 1.82) is 0 Å². The van der Waals surface area contributed by atoms with E-state index in [4.69, 9.17) is 0 Å². The molecule has 134 valence electrons. The van der Waals surface area contributed by atoms with Crippen LogP contribution in [0.1, 0.15) is 43.7 Å². The molecule has 1 aliphatic carbocycles. The summed E-state index contributed by atoms with van der Waals surface area (Å²) in [6.07, 6.45) is 7.51. The van der Waals surface area contributed by atoms with E-state index in [1.165, 1.54) is 31.3 Å². The van der Waals surface area contributed by atoms with Gasteiger partial charge in [-0.25, -0.2) is 13.1 Å². The number of carbonyl (C=O) groups is 1. The molecule has 2 aromatic rings. The maximum absolute atomic E-state index is 12.0. The molecule has 9 heteroatoms. The minimum Gasteiger partial charge on any atom is -0.309 e. The fraction of sp³-hybridized carbons (Fsp3) is 0.438. The molecule has 0 aliphatic heterocycles. The topological polar surface area (TPSA) is 117 Å². The zero-order valence-corrected chi connectivity index (χ0v) is 14.6. The summed E-state index contributed by atoms with van der Waals surface area (Å²) in [5, 5.41) is 9.76. The summed E-state index contributed by atoms with van der Waals surface area (Å²) in [5.74, 6) is 0.671. The lowest BCUT2D eigenvalue weighted by Gasteiger charge is -2.06. The number of hydrogen-bond acceptors (Lipinski definition) is 5. The van der Waals surface area contributed by atoms with Gasteiger partial charge in [-0.15, -0.1) is 0 Å². The van der Waals surface area contributed by atoms with E-state index in [0.717, 1.165) is 18.5 Å². The molecule has 0 saturated heterocycles. The Labute approximate surface area is 146 Å². The number of amides is 1. The number of anilines is 1. The Morgan fingerprint density at radius 2 is 2.12 bits per heavy atom. The summed E-state index contributed by atoms with van der Waals surface area (Å²) in [5.41, 5.74) is 1.05. The monoisotopic (exact) mass is 363 g/mol. The molecule has 3 rings (SSSR count). The number of sulfonamides is 1. The molecule has 0 bridgehead atoms. The Balaban J connectivity index is 1.47. The predicted octanol–water partition coefficient (Wildman–Crippen LogP) is 1.77. The fourth-order valence-electron chi connectivity index (χ4n) is 2.94. The molecule has 1 amide bonds. The first kappa shape index (κ1) is 17.6. The molecular weight excluding hydrogens is 342 g/mol. The van der Waals surface area contributed by atoms with Gasteiger partial charge in [0.25, 0.3) is 0 Å². The third kappa shape index (κ3) is 4.64. The third-order valence-corrected chi connectivity index (χ3v) is 5.70. The van der Waals surface area contributed by atoms with Gasteiger partial charge in [0, 0.05) is 43.0 Å². The van der Waals surface area contributed by atoms with E-state index < -0.39 is 10.0 Å². The number of pyridine rings is 1. The van der Waals surface area contributed by atoms with Gasteiger partial charge in [0.2, 0.25) is 15.9 Å². The van der Waals surface area contributed by atoms with Crippen molar-refractivity contribution >= 4 is 21.7 Å². The molecule has 0 atom stereocenters. The highest BCUT2D eigenvalue weighted by Crippen LogP contribution is 2.33. The van der Waals surface area contributed by atoms with Crippen LogP contribution < -0.4 is 10.0 Å². The van der Waals surface area contributed by atoms with Gasteiger partial charge in [-0.2, -0.15) is 5.10 Å². The fourth-order valence-corrected chi connectivity index (χ4v) is 3.94. The molecule has 0 radical (unpaired) electrons. The highest BCUT2D eigenvalue weighted by atomic mass is 32.2. The molecule has 1 aliphatic rings. The van der Waals surface area contributed by atoms with Crippen LogP contribution in [0.15, 0.2) is 35.5 Å². The summed E-state index contributed by atoms with van der Waals surface area (Å²) in [6.45, 7) is 0.00294. The summed E-state index contributed by atoms with van der Waals surface area (Å²) >= 11 is 0. The molecule has 3 N–H and O–H groups in total. The Kier molecular flexibility index (Phi) is 5.44.